The van der Waals surface area contributed by atoms with E-state index < -0.39 is 47.5 Å². The van der Waals surface area contributed by atoms with Crippen molar-refractivity contribution in [1.29, 1.82) is 0 Å². The van der Waals surface area contributed by atoms with E-state index in [1.54, 1.807) is 0 Å². The second-order valence-electron chi connectivity index (χ2n) is 9.17. The SMILES string of the molecule is COC(=O)C1CCC(C(=O)O)C(CONCCCNC(=O)C2CC(C(=O)OC)CCC2C(=O)O)C1. The summed E-state index contributed by atoms with van der Waals surface area (Å²) in [4.78, 5) is 64.8. The van der Waals surface area contributed by atoms with Gasteiger partial charge in [0.15, 0.2) is 0 Å². The van der Waals surface area contributed by atoms with E-state index in [0.29, 0.717) is 38.6 Å². The number of esters is 2. The van der Waals surface area contributed by atoms with Crippen LogP contribution in [-0.2, 0) is 38.3 Å². The molecule has 2 fully saturated rings. The lowest BCUT2D eigenvalue weighted by atomic mass is 9.73. The number of nitrogens with one attached hydrogen (secondary N) is 2. The lowest BCUT2D eigenvalue weighted by Gasteiger charge is -2.32. The Morgan fingerprint density at radius 2 is 1.34 bits per heavy atom. The smallest absolute Gasteiger partial charge is 0.308 e. The predicted molar refractivity (Wildman–Crippen MR) is 120 cm³/mol. The summed E-state index contributed by atoms with van der Waals surface area (Å²) in [6.07, 6.45) is 2.45. The van der Waals surface area contributed by atoms with Gasteiger partial charge in [-0.1, -0.05) is 0 Å². The Balaban J connectivity index is 1.72. The van der Waals surface area contributed by atoms with Gasteiger partial charge in [-0.15, -0.1) is 0 Å². The highest BCUT2D eigenvalue weighted by Gasteiger charge is 2.42. The van der Waals surface area contributed by atoms with Crippen LogP contribution in [0.25, 0.3) is 0 Å². The van der Waals surface area contributed by atoms with Crippen LogP contribution in [0.1, 0.15) is 44.9 Å². The van der Waals surface area contributed by atoms with Crippen molar-refractivity contribution >= 4 is 29.8 Å². The monoisotopic (exact) mass is 500 g/mol. The Labute approximate surface area is 204 Å². The maximum Gasteiger partial charge on any atom is 0.308 e. The zero-order valence-electron chi connectivity index (χ0n) is 20.2. The first-order chi connectivity index (χ1) is 16.7. The summed E-state index contributed by atoms with van der Waals surface area (Å²) in [5.41, 5.74) is 2.74. The molecule has 0 aromatic carbocycles. The summed E-state index contributed by atoms with van der Waals surface area (Å²) in [5, 5.41) is 21.6. The van der Waals surface area contributed by atoms with Crippen molar-refractivity contribution in [3.05, 3.63) is 0 Å². The van der Waals surface area contributed by atoms with Gasteiger partial charge in [0.05, 0.1) is 50.4 Å². The number of ether oxygens (including phenoxy) is 2. The van der Waals surface area contributed by atoms with E-state index in [2.05, 4.69) is 10.8 Å². The zero-order valence-corrected chi connectivity index (χ0v) is 20.2. The Hall–Kier alpha value is -2.73. The van der Waals surface area contributed by atoms with E-state index >= 15 is 0 Å². The van der Waals surface area contributed by atoms with Gasteiger partial charge in [0.1, 0.15) is 0 Å². The van der Waals surface area contributed by atoms with Crippen LogP contribution in [0.2, 0.25) is 0 Å². The van der Waals surface area contributed by atoms with Crippen molar-refractivity contribution in [3.63, 3.8) is 0 Å². The number of carbonyl (C=O) groups excluding carboxylic acids is 3. The first-order valence-electron chi connectivity index (χ1n) is 11.9. The fraction of sp³-hybridized carbons (Fsp3) is 0.783. The Kier molecular flexibility index (Phi) is 11.4. The molecule has 2 aliphatic rings. The molecule has 0 aromatic rings. The molecule has 0 aliphatic heterocycles. The van der Waals surface area contributed by atoms with Crippen LogP contribution >= 0.6 is 0 Å². The van der Waals surface area contributed by atoms with Crippen molar-refractivity contribution < 1.29 is 48.5 Å². The van der Waals surface area contributed by atoms with Crippen molar-refractivity contribution in [1.82, 2.24) is 10.8 Å². The third kappa shape index (κ3) is 8.17. The van der Waals surface area contributed by atoms with Crippen LogP contribution in [0.4, 0.5) is 0 Å². The first kappa shape index (κ1) is 28.5. The van der Waals surface area contributed by atoms with Crippen LogP contribution in [0.15, 0.2) is 0 Å². The van der Waals surface area contributed by atoms with Crippen molar-refractivity contribution in [2.24, 2.45) is 35.5 Å². The highest BCUT2D eigenvalue weighted by atomic mass is 16.6. The summed E-state index contributed by atoms with van der Waals surface area (Å²) in [6.45, 7) is 0.754. The standard InChI is InChI=1S/C23H36N2O10/c1-33-22(31)13-4-6-16(20(27)28)15(10-13)12-35-25-9-3-8-24-19(26)18-11-14(23(32)34-2)5-7-17(18)21(29)30/h13-18,25H,3-12H2,1-2H3,(H,24,26)(H,27,28)(H,29,30). The second-order valence-corrected chi connectivity index (χ2v) is 9.17. The molecule has 0 saturated heterocycles. The molecule has 0 spiro atoms. The fourth-order valence-corrected chi connectivity index (χ4v) is 5.03. The minimum atomic E-state index is -1.06. The predicted octanol–water partition coefficient (Wildman–Crippen LogP) is 0.594. The molecular weight excluding hydrogens is 464 g/mol. The topological polar surface area (TPSA) is 178 Å². The van der Waals surface area contributed by atoms with E-state index in [0.717, 1.165) is 0 Å². The van der Waals surface area contributed by atoms with Crippen molar-refractivity contribution in [3.8, 4) is 0 Å². The van der Waals surface area contributed by atoms with Crippen molar-refractivity contribution in [2.45, 2.75) is 44.9 Å². The van der Waals surface area contributed by atoms with Gasteiger partial charge in [-0.25, -0.2) is 5.48 Å². The van der Waals surface area contributed by atoms with Crippen LogP contribution in [-0.4, -0.2) is 73.9 Å². The number of hydrogen-bond donors (Lipinski definition) is 4. The average molecular weight is 501 g/mol. The number of amides is 1. The first-order valence-corrected chi connectivity index (χ1v) is 11.9. The minimum absolute atomic E-state index is 0.119. The molecule has 1 amide bonds. The molecule has 2 rings (SSSR count). The zero-order chi connectivity index (χ0) is 26.0. The Morgan fingerprint density at radius 3 is 1.91 bits per heavy atom. The summed E-state index contributed by atoms with van der Waals surface area (Å²) in [7, 11) is 2.58. The van der Waals surface area contributed by atoms with Crippen LogP contribution in [0.3, 0.4) is 0 Å². The summed E-state index contributed by atoms with van der Waals surface area (Å²) < 4.78 is 9.52. The molecule has 12 nitrogen and oxygen atoms in total. The minimum Gasteiger partial charge on any atom is -0.481 e. The molecule has 0 radical (unpaired) electrons. The molecule has 6 unspecified atom stereocenters. The van der Waals surface area contributed by atoms with E-state index in [4.69, 9.17) is 14.3 Å². The van der Waals surface area contributed by atoms with Crippen LogP contribution < -0.4 is 10.8 Å². The Bertz CT molecular complexity index is 773. The number of hydrogen-bond acceptors (Lipinski definition) is 9. The van der Waals surface area contributed by atoms with E-state index in [1.807, 2.05) is 0 Å². The largest absolute Gasteiger partial charge is 0.481 e. The van der Waals surface area contributed by atoms with E-state index in [1.165, 1.54) is 14.2 Å². The van der Waals surface area contributed by atoms with Gasteiger partial charge in [0, 0.05) is 13.1 Å². The van der Waals surface area contributed by atoms with E-state index in [-0.39, 0.29) is 43.8 Å². The lowest BCUT2D eigenvalue weighted by molar-refractivity contribution is -0.155. The van der Waals surface area contributed by atoms with Gasteiger partial charge in [-0.2, -0.15) is 0 Å². The fourth-order valence-electron chi connectivity index (χ4n) is 5.03. The molecular formula is C23H36N2O10. The van der Waals surface area contributed by atoms with Gasteiger partial charge in [-0.3, -0.25) is 24.0 Å². The average Bonchev–Trinajstić information content (AvgIpc) is 2.86. The van der Waals surface area contributed by atoms with E-state index in [9.17, 15) is 34.2 Å². The normalized spacial score (nSPS) is 28.5. The highest BCUT2D eigenvalue weighted by Crippen LogP contribution is 2.36. The van der Waals surface area contributed by atoms with Gasteiger partial charge < -0.3 is 29.8 Å². The molecule has 2 saturated carbocycles. The summed E-state index contributed by atoms with van der Waals surface area (Å²) in [6, 6.07) is 0. The van der Waals surface area contributed by atoms with Crippen molar-refractivity contribution in [2.75, 3.05) is 33.9 Å². The molecule has 6 atom stereocenters. The van der Waals surface area contributed by atoms with Gasteiger partial charge in [0.25, 0.3) is 0 Å². The number of hydroxylamine groups is 1. The number of carbonyl (C=O) groups is 5. The van der Waals surface area contributed by atoms with Crippen LogP contribution in [0, 0.1) is 35.5 Å². The number of aliphatic carboxylic acids is 2. The number of carboxylic acid groups (broad SMARTS) is 2. The molecule has 4 N–H and O–H groups in total. The number of methoxy groups -OCH3 is 2. The third-order valence-electron chi connectivity index (χ3n) is 7.03. The molecule has 0 bridgehead atoms. The highest BCUT2D eigenvalue weighted by molar-refractivity contribution is 5.86. The molecule has 198 valence electrons. The van der Waals surface area contributed by atoms with Gasteiger partial charge >= 0.3 is 23.9 Å². The third-order valence-corrected chi connectivity index (χ3v) is 7.03. The maximum absolute atomic E-state index is 12.6. The quantitative estimate of drug-likeness (QED) is 0.167. The summed E-state index contributed by atoms with van der Waals surface area (Å²) >= 11 is 0. The van der Waals surface area contributed by atoms with Gasteiger partial charge in [-0.05, 0) is 50.9 Å². The maximum atomic E-state index is 12.6. The second kappa shape index (κ2) is 14.0. The summed E-state index contributed by atoms with van der Waals surface area (Å²) in [5.74, 6) is -6.57. The van der Waals surface area contributed by atoms with Crippen LogP contribution in [0.5, 0.6) is 0 Å². The number of carboxylic acids is 2. The molecule has 0 aromatic heterocycles. The number of rotatable bonds is 12. The molecule has 0 heterocycles. The molecule has 2 aliphatic carbocycles. The lowest BCUT2D eigenvalue weighted by Crippen LogP contribution is -2.43. The molecule has 12 heteroatoms. The van der Waals surface area contributed by atoms with Gasteiger partial charge in [0.2, 0.25) is 5.91 Å². The molecule has 35 heavy (non-hydrogen) atoms. The Morgan fingerprint density at radius 1 is 0.771 bits per heavy atom.